The summed E-state index contributed by atoms with van der Waals surface area (Å²) in [5, 5.41) is 0. The quantitative estimate of drug-likeness (QED) is 0.327. The number of aromatic nitrogens is 1. The van der Waals surface area contributed by atoms with Crippen LogP contribution in [0.1, 0.15) is 24.2 Å². The molecule has 0 bridgehead atoms. The fraction of sp³-hybridized carbons (Fsp3) is 0.500. The topological polar surface area (TPSA) is 137 Å². The van der Waals surface area contributed by atoms with Crippen LogP contribution in [0.3, 0.4) is 0 Å². The number of thioether (sulfide) groups is 1. The SMILES string of the molecule is CCOC(=O)c1ccc2c(c1)sc(=NC(=O)CSCC(=O)N1CCN(C(=O)OCC)CC1)n2CC(=O)OC. The lowest BCUT2D eigenvalue weighted by molar-refractivity contribution is -0.141. The summed E-state index contributed by atoms with van der Waals surface area (Å²) in [7, 11) is 1.27. The van der Waals surface area contributed by atoms with Crippen molar-refractivity contribution in [3.8, 4) is 0 Å². The van der Waals surface area contributed by atoms with Gasteiger partial charge in [-0.2, -0.15) is 4.99 Å². The summed E-state index contributed by atoms with van der Waals surface area (Å²) in [6.45, 7) is 5.43. The molecule has 0 spiro atoms. The average molecular weight is 567 g/mol. The molecule has 1 aliphatic heterocycles. The monoisotopic (exact) mass is 566 g/mol. The van der Waals surface area contributed by atoms with Crippen molar-refractivity contribution in [2.45, 2.75) is 20.4 Å². The van der Waals surface area contributed by atoms with Crippen molar-refractivity contribution in [3.05, 3.63) is 28.6 Å². The van der Waals surface area contributed by atoms with E-state index in [-0.39, 0.29) is 41.5 Å². The van der Waals surface area contributed by atoms with E-state index >= 15 is 0 Å². The Kier molecular flexibility index (Phi) is 10.7. The zero-order chi connectivity index (χ0) is 27.7. The van der Waals surface area contributed by atoms with E-state index in [1.165, 1.54) is 7.11 Å². The van der Waals surface area contributed by atoms with Gasteiger partial charge >= 0.3 is 18.0 Å². The third-order valence-corrected chi connectivity index (χ3v) is 7.48. The van der Waals surface area contributed by atoms with Crippen LogP contribution in [0.4, 0.5) is 4.79 Å². The largest absolute Gasteiger partial charge is 0.468 e. The smallest absolute Gasteiger partial charge is 0.409 e. The van der Waals surface area contributed by atoms with Gasteiger partial charge < -0.3 is 28.6 Å². The minimum Gasteiger partial charge on any atom is -0.468 e. The Morgan fingerprint density at radius 2 is 1.66 bits per heavy atom. The van der Waals surface area contributed by atoms with Crippen molar-refractivity contribution in [1.29, 1.82) is 0 Å². The lowest BCUT2D eigenvalue weighted by Crippen LogP contribution is -2.51. The van der Waals surface area contributed by atoms with E-state index in [2.05, 4.69) is 4.99 Å². The summed E-state index contributed by atoms with van der Waals surface area (Å²) in [6, 6.07) is 4.88. The summed E-state index contributed by atoms with van der Waals surface area (Å²) in [4.78, 5) is 68.7. The molecule has 206 valence electrons. The second-order valence-electron chi connectivity index (χ2n) is 8.01. The maximum absolute atomic E-state index is 12.6. The van der Waals surface area contributed by atoms with Crippen molar-refractivity contribution in [3.63, 3.8) is 0 Å². The molecule has 2 aromatic rings. The molecule has 38 heavy (non-hydrogen) atoms. The van der Waals surface area contributed by atoms with E-state index in [9.17, 15) is 24.0 Å². The van der Waals surface area contributed by atoms with Crippen LogP contribution in [0.25, 0.3) is 10.2 Å². The first kappa shape index (κ1) is 29.2. The first-order chi connectivity index (χ1) is 18.3. The zero-order valence-corrected chi connectivity index (χ0v) is 23.1. The maximum Gasteiger partial charge on any atom is 0.409 e. The number of carbonyl (C=O) groups is 5. The molecule has 0 aliphatic carbocycles. The van der Waals surface area contributed by atoms with Crippen LogP contribution < -0.4 is 4.80 Å². The number of rotatable bonds is 9. The Labute approximate surface area is 227 Å². The van der Waals surface area contributed by atoms with Crippen molar-refractivity contribution in [2.75, 3.05) is 58.0 Å². The number of hydrogen-bond acceptors (Lipinski definition) is 10. The molecule has 1 aliphatic rings. The van der Waals surface area contributed by atoms with Gasteiger partial charge in [0.05, 0.1) is 47.6 Å². The van der Waals surface area contributed by atoms with Gasteiger partial charge in [0.25, 0.3) is 5.91 Å². The minimum absolute atomic E-state index is 0.0327. The number of ether oxygens (including phenoxy) is 3. The summed E-state index contributed by atoms with van der Waals surface area (Å²) in [5.41, 5.74) is 0.964. The molecule has 1 aromatic carbocycles. The van der Waals surface area contributed by atoms with E-state index in [0.717, 1.165) is 23.1 Å². The highest BCUT2D eigenvalue weighted by molar-refractivity contribution is 8.00. The second-order valence-corrected chi connectivity index (χ2v) is 10.0. The van der Waals surface area contributed by atoms with Crippen LogP contribution in [0.15, 0.2) is 23.2 Å². The minimum atomic E-state index is -0.518. The molecule has 12 nitrogen and oxygen atoms in total. The molecule has 14 heteroatoms. The van der Waals surface area contributed by atoms with Gasteiger partial charge in [-0.25, -0.2) is 9.59 Å². The van der Waals surface area contributed by atoms with Crippen LogP contribution in [0.5, 0.6) is 0 Å². The lowest BCUT2D eigenvalue weighted by atomic mass is 10.2. The normalized spacial score (nSPS) is 13.9. The van der Waals surface area contributed by atoms with Gasteiger partial charge in [0.2, 0.25) is 5.91 Å². The Morgan fingerprint density at radius 1 is 0.974 bits per heavy atom. The number of piperazine rings is 1. The molecule has 0 N–H and O–H groups in total. The fourth-order valence-corrected chi connectivity index (χ4v) is 5.44. The molecule has 0 atom stereocenters. The number of nitrogens with zero attached hydrogens (tertiary/aromatic N) is 4. The lowest BCUT2D eigenvalue weighted by Gasteiger charge is -2.34. The highest BCUT2D eigenvalue weighted by atomic mass is 32.2. The fourth-order valence-electron chi connectivity index (χ4n) is 3.66. The van der Waals surface area contributed by atoms with Crippen molar-refractivity contribution in [2.24, 2.45) is 4.99 Å². The molecule has 1 saturated heterocycles. The van der Waals surface area contributed by atoms with Gasteiger partial charge in [0.1, 0.15) is 6.54 Å². The zero-order valence-electron chi connectivity index (χ0n) is 21.5. The summed E-state index contributed by atoms with van der Waals surface area (Å²) in [5.74, 6) is -1.52. The van der Waals surface area contributed by atoms with Crippen molar-refractivity contribution < 1.29 is 38.2 Å². The van der Waals surface area contributed by atoms with Gasteiger partial charge in [0, 0.05) is 26.2 Å². The molecule has 0 saturated carbocycles. The summed E-state index contributed by atoms with van der Waals surface area (Å²) in [6.07, 6.45) is -0.385. The molecule has 3 amide bonds. The predicted octanol–water partition coefficient (Wildman–Crippen LogP) is 1.51. The van der Waals surface area contributed by atoms with E-state index < -0.39 is 17.8 Å². The molecule has 3 rings (SSSR count). The third-order valence-electron chi connectivity index (χ3n) is 5.54. The Morgan fingerprint density at radius 3 is 2.32 bits per heavy atom. The number of methoxy groups -OCH3 is 1. The van der Waals surface area contributed by atoms with Gasteiger partial charge in [-0.15, -0.1) is 11.8 Å². The number of fused-ring (bicyclic) bond motifs is 1. The first-order valence-electron chi connectivity index (χ1n) is 12.0. The van der Waals surface area contributed by atoms with E-state index in [1.54, 1.807) is 46.4 Å². The standard InChI is InChI=1S/C24H30N4O8S2/c1-4-35-22(32)16-6-7-17-18(12-16)38-23(28(17)13-21(31)34-3)25-19(29)14-37-15-20(30)26-8-10-27(11-9-26)24(33)36-5-2/h6-7,12H,4-5,8-11,13-15H2,1-3H3. The van der Waals surface area contributed by atoms with Crippen molar-refractivity contribution in [1.82, 2.24) is 14.4 Å². The van der Waals surface area contributed by atoms with E-state index in [0.29, 0.717) is 48.6 Å². The Balaban J connectivity index is 1.65. The highest BCUT2D eigenvalue weighted by Gasteiger charge is 2.24. The van der Waals surface area contributed by atoms with Gasteiger partial charge in [-0.1, -0.05) is 11.3 Å². The van der Waals surface area contributed by atoms with Gasteiger partial charge in [-0.3, -0.25) is 14.4 Å². The van der Waals surface area contributed by atoms with Crippen LogP contribution >= 0.6 is 23.1 Å². The average Bonchev–Trinajstić information content (AvgIpc) is 3.24. The molecule has 0 unspecified atom stereocenters. The molecule has 1 fully saturated rings. The number of benzene rings is 1. The number of amides is 3. The molecule has 2 heterocycles. The Hall–Kier alpha value is -3.39. The third kappa shape index (κ3) is 7.57. The van der Waals surface area contributed by atoms with Crippen LogP contribution in [-0.4, -0.2) is 102 Å². The predicted molar refractivity (Wildman–Crippen MR) is 141 cm³/mol. The van der Waals surface area contributed by atoms with E-state index in [1.807, 2.05) is 0 Å². The van der Waals surface area contributed by atoms with Crippen LogP contribution in [-0.2, 0) is 35.1 Å². The number of carbonyl (C=O) groups excluding carboxylic acids is 5. The molecular formula is C24H30N4O8S2. The molecular weight excluding hydrogens is 536 g/mol. The summed E-state index contributed by atoms with van der Waals surface area (Å²) < 4.78 is 17.0. The number of esters is 2. The van der Waals surface area contributed by atoms with Crippen molar-refractivity contribution >= 4 is 63.2 Å². The van der Waals surface area contributed by atoms with E-state index in [4.69, 9.17) is 14.2 Å². The molecule has 0 radical (unpaired) electrons. The molecule has 1 aromatic heterocycles. The second kappa shape index (κ2) is 14.0. The number of thiazole rings is 1. The summed E-state index contributed by atoms with van der Waals surface area (Å²) >= 11 is 2.30. The Bertz CT molecular complexity index is 1260. The highest BCUT2D eigenvalue weighted by Crippen LogP contribution is 2.20. The van der Waals surface area contributed by atoms with Gasteiger partial charge in [-0.05, 0) is 32.0 Å². The van der Waals surface area contributed by atoms with Crippen LogP contribution in [0.2, 0.25) is 0 Å². The first-order valence-corrected chi connectivity index (χ1v) is 14.0. The maximum atomic E-state index is 12.6. The van der Waals surface area contributed by atoms with Gasteiger partial charge in [0.15, 0.2) is 4.80 Å². The number of hydrogen-bond donors (Lipinski definition) is 0. The van der Waals surface area contributed by atoms with Crippen LogP contribution in [0, 0.1) is 0 Å².